The van der Waals surface area contributed by atoms with Crippen molar-refractivity contribution in [2.24, 2.45) is 0 Å². The van der Waals surface area contributed by atoms with E-state index in [4.69, 9.17) is 0 Å². The highest BCUT2D eigenvalue weighted by Gasteiger charge is 2.07. The van der Waals surface area contributed by atoms with Crippen molar-refractivity contribution in [3.8, 4) is 16.8 Å². The molecule has 0 atom stereocenters. The normalized spacial score (nSPS) is 10.6. The number of nitrogens with zero attached hydrogens (tertiary/aromatic N) is 3. The summed E-state index contributed by atoms with van der Waals surface area (Å²) in [7, 11) is 0. The molecule has 3 aromatic rings. The Bertz CT molecular complexity index is 677. The molecule has 0 saturated heterocycles. The molecule has 94 valence electrons. The van der Waals surface area contributed by atoms with E-state index in [0.29, 0.717) is 0 Å². The number of aliphatic hydroxyl groups is 1. The summed E-state index contributed by atoms with van der Waals surface area (Å²) in [6.07, 6.45) is 8.89. The van der Waals surface area contributed by atoms with Crippen molar-refractivity contribution in [2.75, 3.05) is 0 Å². The third-order valence-electron chi connectivity index (χ3n) is 2.98. The summed E-state index contributed by atoms with van der Waals surface area (Å²) in [5, 5.41) is 9.21. The largest absolute Gasteiger partial charge is 0.392 e. The number of imidazole rings is 1. The summed E-state index contributed by atoms with van der Waals surface area (Å²) < 4.78 is 1.96. The summed E-state index contributed by atoms with van der Waals surface area (Å²) in [6.45, 7) is -0.00587. The molecule has 4 heteroatoms. The fourth-order valence-electron chi connectivity index (χ4n) is 2.07. The van der Waals surface area contributed by atoms with Crippen molar-refractivity contribution in [3.63, 3.8) is 0 Å². The van der Waals surface area contributed by atoms with Gasteiger partial charge in [-0.3, -0.25) is 4.98 Å². The second kappa shape index (κ2) is 5.04. The van der Waals surface area contributed by atoms with Gasteiger partial charge in [-0.1, -0.05) is 18.2 Å². The predicted molar refractivity (Wildman–Crippen MR) is 72.7 cm³/mol. The minimum absolute atomic E-state index is 0.00587. The topological polar surface area (TPSA) is 50.9 Å². The maximum atomic E-state index is 9.21. The lowest BCUT2D eigenvalue weighted by Crippen LogP contribution is -1.95. The molecule has 4 nitrogen and oxygen atoms in total. The maximum Gasteiger partial charge on any atom is 0.0991 e. The third-order valence-corrected chi connectivity index (χ3v) is 2.98. The number of para-hydroxylation sites is 1. The van der Waals surface area contributed by atoms with Crippen molar-refractivity contribution in [1.82, 2.24) is 14.5 Å². The predicted octanol–water partition coefficient (Wildman–Crippen LogP) is 2.43. The molecule has 0 aliphatic heterocycles. The first-order chi connectivity index (χ1) is 9.38. The van der Waals surface area contributed by atoms with Crippen LogP contribution in [0.3, 0.4) is 0 Å². The van der Waals surface area contributed by atoms with E-state index in [1.54, 1.807) is 24.9 Å². The molecular formula is C15H13N3O. The van der Waals surface area contributed by atoms with Crippen molar-refractivity contribution in [2.45, 2.75) is 6.61 Å². The quantitative estimate of drug-likeness (QED) is 0.777. The van der Waals surface area contributed by atoms with Crippen LogP contribution in [0.2, 0.25) is 0 Å². The Morgan fingerprint density at radius 2 is 2.00 bits per heavy atom. The van der Waals surface area contributed by atoms with Crippen LogP contribution in [0.15, 0.2) is 61.4 Å². The van der Waals surface area contributed by atoms with Gasteiger partial charge < -0.3 is 9.67 Å². The maximum absolute atomic E-state index is 9.21. The molecule has 0 radical (unpaired) electrons. The van der Waals surface area contributed by atoms with Crippen molar-refractivity contribution < 1.29 is 5.11 Å². The van der Waals surface area contributed by atoms with Gasteiger partial charge >= 0.3 is 0 Å². The second-order valence-electron chi connectivity index (χ2n) is 4.23. The Morgan fingerprint density at radius 3 is 2.79 bits per heavy atom. The lowest BCUT2D eigenvalue weighted by atomic mass is 10.0. The Morgan fingerprint density at radius 1 is 1.11 bits per heavy atom. The fraction of sp³-hybridized carbons (Fsp3) is 0.0667. The molecule has 0 unspecified atom stereocenters. The van der Waals surface area contributed by atoms with Gasteiger partial charge in [0.2, 0.25) is 0 Å². The molecule has 0 bridgehead atoms. The SMILES string of the molecule is OCc1cncc(-c2ccccc2-n2ccnc2)c1. The molecule has 1 aromatic carbocycles. The van der Waals surface area contributed by atoms with Crippen LogP contribution >= 0.6 is 0 Å². The van der Waals surface area contributed by atoms with Gasteiger partial charge in [-0.05, 0) is 17.7 Å². The van der Waals surface area contributed by atoms with Crippen LogP contribution in [-0.2, 0) is 6.61 Å². The summed E-state index contributed by atoms with van der Waals surface area (Å²) in [4.78, 5) is 8.24. The van der Waals surface area contributed by atoms with Gasteiger partial charge in [0.05, 0.1) is 18.6 Å². The number of rotatable bonds is 3. The molecule has 0 aliphatic carbocycles. The fourth-order valence-corrected chi connectivity index (χ4v) is 2.07. The van der Waals surface area contributed by atoms with Crippen molar-refractivity contribution in [3.05, 3.63) is 67.0 Å². The van der Waals surface area contributed by atoms with E-state index in [1.807, 2.05) is 41.1 Å². The summed E-state index contributed by atoms with van der Waals surface area (Å²) >= 11 is 0. The molecule has 19 heavy (non-hydrogen) atoms. The van der Waals surface area contributed by atoms with E-state index < -0.39 is 0 Å². The van der Waals surface area contributed by atoms with Gasteiger partial charge in [0.25, 0.3) is 0 Å². The van der Waals surface area contributed by atoms with Gasteiger partial charge in [0.1, 0.15) is 0 Å². The zero-order chi connectivity index (χ0) is 13.1. The number of aromatic nitrogens is 3. The molecular weight excluding hydrogens is 238 g/mol. The van der Waals surface area contributed by atoms with Gasteiger partial charge in [-0.25, -0.2) is 4.98 Å². The lowest BCUT2D eigenvalue weighted by molar-refractivity contribution is 0.281. The first-order valence-corrected chi connectivity index (χ1v) is 6.01. The van der Waals surface area contributed by atoms with E-state index in [2.05, 4.69) is 9.97 Å². The summed E-state index contributed by atoms with van der Waals surface area (Å²) in [5.41, 5.74) is 3.88. The van der Waals surface area contributed by atoms with Gasteiger partial charge in [-0.2, -0.15) is 0 Å². The molecule has 0 amide bonds. The van der Waals surface area contributed by atoms with Crippen LogP contribution < -0.4 is 0 Å². The van der Waals surface area contributed by atoms with Gasteiger partial charge in [-0.15, -0.1) is 0 Å². The van der Waals surface area contributed by atoms with Crippen LogP contribution in [0.5, 0.6) is 0 Å². The van der Waals surface area contributed by atoms with Crippen molar-refractivity contribution in [1.29, 1.82) is 0 Å². The minimum atomic E-state index is -0.00587. The molecule has 1 N–H and O–H groups in total. The number of hydrogen-bond acceptors (Lipinski definition) is 3. The van der Waals surface area contributed by atoms with Crippen LogP contribution in [0.1, 0.15) is 5.56 Å². The number of pyridine rings is 1. The van der Waals surface area contributed by atoms with Crippen LogP contribution in [0.4, 0.5) is 0 Å². The Hall–Kier alpha value is -2.46. The molecule has 3 rings (SSSR count). The average molecular weight is 251 g/mol. The second-order valence-corrected chi connectivity index (χ2v) is 4.23. The lowest BCUT2D eigenvalue weighted by Gasteiger charge is -2.10. The zero-order valence-corrected chi connectivity index (χ0v) is 10.3. The molecule has 0 saturated carbocycles. The monoisotopic (exact) mass is 251 g/mol. The Kier molecular flexibility index (Phi) is 3.08. The van der Waals surface area contributed by atoms with E-state index in [9.17, 15) is 5.11 Å². The minimum Gasteiger partial charge on any atom is -0.392 e. The standard InChI is InChI=1S/C15H13N3O/c19-10-12-7-13(9-17-8-12)14-3-1-2-4-15(14)18-6-5-16-11-18/h1-9,11,19H,10H2. The summed E-state index contributed by atoms with van der Waals surface area (Å²) in [5.74, 6) is 0. The van der Waals surface area contributed by atoms with Crippen LogP contribution in [0, 0.1) is 0 Å². The number of hydrogen-bond donors (Lipinski definition) is 1. The van der Waals surface area contributed by atoms with Gasteiger partial charge in [0.15, 0.2) is 0 Å². The Balaban J connectivity index is 2.15. The Labute approximate surface area is 111 Å². The number of benzene rings is 1. The highest BCUT2D eigenvalue weighted by molar-refractivity contribution is 5.72. The average Bonchev–Trinajstić information content (AvgIpc) is 3.01. The summed E-state index contributed by atoms with van der Waals surface area (Å²) in [6, 6.07) is 9.99. The molecule has 0 spiro atoms. The van der Waals surface area contributed by atoms with E-state index in [1.165, 1.54) is 0 Å². The van der Waals surface area contributed by atoms with E-state index in [0.717, 1.165) is 22.4 Å². The van der Waals surface area contributed by atoms with Crippen LogP contribution in [-0.4, -0.2) is 19.6 Å². The third kappa shape index (κ3) is 2.26. The van der Waals surface area contributed by atoms with Crippen molar-refractivity contribution >= 4 is 0 Å². The smallest absolute Gasteiger partial charge is 0.0991 e. The molecule has 0 fully saturated rings. The van der Waals surface area contributed by atoms with Crippen LogP contribution in [0.25, 0.3) is 16.8 Å². The van der Waals surface area contributed by atoms with Gasteiger partial charge in [0, 0.05) is 35.9 Å². The van der Waals surface area contributed by atoms with E-state index >= 15 is 0 Å². The molecule has 2 aromatic heterocycles. The zero-order valence-electron chi connectivity index (χ0n) is 10.3. The first kappa shape index (κ1) is 11.6. The number of aliphatic hydroxyl groups excluding tert-OH is 1. The highest BCUT2D eigenvalue weighted by atomic mass is 16.3. The molecule has 2 heterocycles. The van der Waals surface area contributed by atoms with E-state index in [-0.39, 0.29) is 6.61 Å². The highest BCUT2D eigenvalue weighted by Crippen LogP contribution is 2.26. The first-order valence-electron chi connectivity index (χ1n) is 6.01. The molecule has 0 aliphatic rings.